The zero-order valence-corrected chi connectivity index (χ0v) is 9.29. The summed E-state index contributed by atoms with van der Waals surface area (Å²) in [6.07, 6.45) is 1.64. The van der Waals surface area contributed by atoms with E-state index in [1.165, 1.54) is 11.9 Å². The summed E-state index contributed by atoms with van der Waals surface area (Å²) in [5.41, 5.74) is 1.81. The van der Waals surface area contributed by atoms with Crippen molar-refractivity contribution < 1.29 is 0 Å². The van der Waals surface area contributed by atoms with Gasteiger partial charge < -0.3 is 0 Å². The topological polar surface area (TPSA) is 51.8 Å². The number of hydrogen-bond donors (Lipinski definition) is 1. The fourth-order valence-corrected chi connectivity index (χ4v) is 1.64. The monoisotopic (exact) mass is 237 g/mol. The summed E-state index contributed by atoms with van der Waals surface area (Å²) < 4.78 is 0. The van der Waals surface area contributed by atoms with Gasteiger partial charge in [0.25, 0.3) is 0 Å². The Morgan fingerprint density at radius 1 is 1.13 bits per heavy atom. The van der Waals surface area contributed by atoms with Crippen molar-refractivity contribution in [1.82, 2.24) is 9.97 Å². The molecule has 0 atom stereocenters. The highest BCUT2D eigenvalue weighted by atomic mass is 35.5. The van der Waals surface area contributed by atoms with Gasteiger partial charge in [-0.2, -0.15) is 0 Å². The third kappa shape index (κ3) is 2.47. The highest BCUT2D eigenvalue weighted by Crippen LogP contribution is 2.20. The molecular weight excluding hydrogens is 230 g/mol. The first kappa shape index (κ1) is 10.4. The van der Waals surface area contributed by atoms with Crippen molar-refractivity contribution in [1.29, 1.82) is 0 Å². The molecule has 3 nitrogen and oxygen atoms in total. The maximum atomic E-state index is 5.71. The normalized spacial score (nSPS) is 10.3. The van der Waals surface area contributed by atoms with Crippen molar-refractivity contribution in [3.8, 4) is 11.3 Å². The minimum Gasteiger partial charge on any atom is -0.274 e. The number of benzene rings is 1. The number of rotatable bonds is 2. The Hall–Kier alpha value is -1.10. The molecule has 0 amide bonds. The van der Waals surface area contributed by atoms with Crippen LogP contribution in [0, 0.1) is 0 Å². The van der Waals surface area contributed by atoms with Gasteiger partial charge in [0.2, 0.25) is 5.28 Å². The van der Waals surface area contributed by atoms with Gasteiger partial charge in [0, 0.05) is 16.7 Å². The van der Waals surface area contributed by atoms with Crippen molar-refractivity contribution in [2.24, 2.45) is 5.14 Å². The molecule has 5 heteroatoms. The van der Waals surface area contributed by atoms with Gasteiger partial charge in [-0.25, -0.2) is 9.97 Å². The number of halogens is 1. The highest BCUT2D eigenvalue weighted by molar-refractivity contribution is 7.97. The summed E-state index contributed by atoms with van der Waals surface area (Å²) in [4.78, 5) is 8.96. The summed E-state index contributed by atoms with van der Waals surface area (Å²) in [7, 11) is 0. The summed E-state index contributed by atoms with van der Waals surface area (Å²) in [6.45, 7) is 0. The van der Waals surface area contributed by atoms with Gasteiger partial charge in [-0.05, 0) is 41.7 Å². The van der Waals surface area contributed by atoms with E-state index >= 15 is 0 Å². The Balaban J connectivity index is 2.37. The average Bonchev–Trinajstić information content (AvgIpc) is 2.29. The molecular formula is C10H8ClN3S. The Kier molecular flexibility index (Phi) is 3.20. The van der Waals surface area contributed by atoms with Crippen LogP contribution >= 0.6 is 23.5 Å². The molecule has 2 aromatic rings. The highest BCUT2D eigenvalue weighted by Gasteiger charge is 2.00. The Morgan fingerprint density at radius 2 is 1.87 bits per heavy atom. The summed E-state index contributed by atoms with van der Waals surface area (Å²) >= 11 is 6.92. The van der Waals surface area contributed by atoms with Crippen LogP contribution in [0.15, 0.2) is 41.4 Å². The number of nitrogens with zero attached hydrogens (tertiary/aromatic N) is 2. The van der Waals surface area contributed by atoms with Crippen LogP contribution < -0.4 is 5.14 Å². The Labute approximate surface area is 96.8 Å². The van der Waals surface area contributed by atoms with Crippen LogP contribution in [0.4, 0.5) is 0 Å². The fraction of sp³-hybridized carbons (Fsp3) is 0. The molecule has 1 aromatic carbocycles. The molecule has 1 aromatic heterocycles. The molecule has 76 valence electrons. The van der Waals surface area contributed by atoms with Gasteiger partial charge in [-0.3, -0.25) is 5.14 Å². The summed E-state index contributed by atoms with van der Waals surface area (Å²) in [6, 6.07) is 9.60. The second-order valence-corrected chi connectivity index (χ2v) is 3.90. The first-order chi connectivity index (χ1) is 7.29. The van der Waals surface area contributed by atoms with Crippen molar-refractivity contribution in [3.05, 3.63) is 41.8 Å². The molecule has 0 unspecified atom stereocenters. The number of nitrogens with two attached hydrogens (primary N) is 1. The summed E-state index contributed by atoms with van der Waals surface area (Å²) in [5, 5.41) is 5.69. The Morgan fingerprint density at radius 3 is 2.47 bits per heavy atom. The molecule has 2 N–H and O–H groups in total. The second-order valence-electron chi connectivity index (χ2n) is 2.85. The first-order valence-corrected chi connectivity index (χ1v) is 5.51. The lowest BCUT2D eigenvalue weighted by atomic mass is 10.1. The Bertz CT molecular complexity index is 458. The second kappa shape index (κ2) is 4.61. The van der Waals surface area contributed by atoms with E-state index in [-0.39, 0.29) is 5.28 Å². The zero-order valence-electron chi connectivity index (χ0n) is 7.72. The van der Waals surface area contributed by atoms with Gasteiger partial charge in [-0.1, -0.05) is 12.1 Å². The third-order valence-electron chi connectivity index (χ3n) is 1.91. The predicted octanol–water partition coefficient (Wildman–Crippen LogP) is 2.76. The maximum Gasteiger partial charge on any atom is 0.222 e. The van der Waals surface area contributed by atoms with E-state index in [1.54, 1.807) is 6.20 Å². The van der Waals surface area contributed by atoms with Crippen molar-refractivity contribution in [2.45, 2.75) is 4.90 Å². The lowest BCUT2D eigenvalue weighted by Gasteiger charge is -2.01. The van der Waals surface area contributed by atoms with E-state index in [1.807, 2.05) is 30.3 Å². The molecule has 1 heterocycles. The SMILES string of the molecule is NSc1ccc(-c2ccnc(Cl)n2)cc1. The summed E-state index contributed by atoms with van der Waals surface area (Å²) in [5.74, 6) is 0. The van der Waals surface area contributed by atoms with Crippen LogP contribution in [0.1, 0.15) is 0 Å². The van der Waals surface area contributed by atoms with E-state index < -0.39 is 0 Å². The lowest BCUT2D eigenvalue weighted by molar-refractivity contribution is 1.17. The maximum absolute atomic E-state index is 5.71. The van der Waals surface area contributed by atoms with E-state index in [0.717, 1.165) is 16.2 Å². The van der Waals surface area contributed by atoms with Crippen LogP contribution in [-0.4, -0.2) is 9.97 Å². The zero-order chi connectivity index (χ0) is 10.7. The molecule has 0 saturated carbocycles. The first-order valence-electron chi connectivity index (χ1n) is 4.25. The number of aromatic nitrogens is 2. The molecule has 0 radical (unpaired) electrons. The molecule has 0 spiro atoms. The minimum atomic E-state index is 0.254. The van der Waals surface area contributed by atoms with Crippen LogP contribution in [0.25, 0.3) is 11.3 Å². The predicted molar refractivity (Wildman–Crippen MR) is 62.5 cm³/mol. The molecule has 0 aliphatic rings. The largest absolute Gasteiger partial charge is 0.274 e. The molecule has 0 saturated heterocycles. The van der Waals surface area contributed by atoms with Crippen molar-refractivity contribution in [2.75, 3.05) is 0 Å². The van der Waals surface area contributed by atoms with Gasteiger partial charge >= 0.3 is 0 Å². The van der Waals surface area contributed by atoms with Gasteiger partial charge in [0.05, 0.1) is 5.69 Å². The average molecular weight is 238 g/mol. The lowest BCUT2D eigenvalue weighted by Crippen LogP contribution is -1.86. The number of hydrogen-bond acceptors (Lipinski definition) is 4. The molecule has 2 rings (SSSR count). The van der Waals surface area contributed by atoms with E-state index in [4.69, 9.17) is 16.7 Å². The van der Waals surface area contributed by atoms with E-state index in [9.17, 15) is 0 Å². The van der Waals surface area contributed by atoms with Crippen molar-refractivity contribution in [3.63, 3.8) is 0 Å². The molecule has 0 bridgehead atoms. The minimum absolute atomic E-state index is 0.254. The third-order valence-corrected chi connectivity index (χ3v) is 2.64. The van der Waals surface area contributed by atoms with E-state index in [2.05, 4.69) is 9.97 Å². The van der Waals surface area contributed by atoms with Gasteiger partial charge in [0.15, 0.2) is 0 Å². The van der Waals surface area contributed by atoms with Crippen LogP contribution in [-0.2, 0) is 0 Å². The molecule has 15 heavy (non-hydrogen) atoms. The molecule has 0 fully saturated rings. The smallest absolute Gasteiger partial charge is 0.222 e. The van der Waals surface area contributed by atoms with Gasteiger partial charge in [-0.15, -0.1) is 0 Å². The standard InChI is InChI=1S/C10H8ClN3S/c11-10-13-6-5-9(14-10)7-1-3-8(15-12)4-2-7/h1-6H,12H2. The van der Waals surface area contributed by atoms with Crippen molar-refractivity contribution >= 4 is 23.5 Å². The quantitative estimate of drug-likeness (QED) is 0.645. The van der Waals surface area contributed by atoms with Gasteiger partial charge in [0.1, 0.15) is 0 Å². The fourth-order valence-electron chi connectivity index (χ4n) is 1.20. The van der Waals surface area contributed by atoms with Crippen LogP contribution in [0.2, 0.25) is 5.28 Å². The van der Waals surface area contributed by atoms with E-state index in [0.29, 0.717) is 0 Å². The molecule has 0 aliphatic carbocycles. The molecule has 0 aliphatic heterocycles. The van der Waals surface area contributed by atoms with Crippen LogP contribution in [0.5, 0.6) is 0 Å². The van der Waals surface area contributed by atoms with Crippen LogP contribution in [0.3, 0.4) is 0 Å².